The summed E-state index contributed by atoms with van der Waals surface area (Å²) in [4.78, 5) is 0. The van der Waals surface area contributed by atoms with Crippen molar-refractivity contribution in [1.29, 1.82) is 0 Å². The van der Waals surface area contributed by atoms with E-state index in [9.17, 15) is 0 Å². The Bertz CT molecular complexity index is 309. The largest absolute Gasteiger partial charge is 0.353 e. The summed E-state index contributed by atoms with van der Waals surface area (Å²) in [5.74, 6) is 0. The van der Waals surface area contributed by atoms with Gasteiger partial charge >= 0.3 is 0 Å². The first kappa shape index (κ1) is 15.1. The molecule has 18 heavy (non-hydrogen) atoms. The van der Waals surface area contributed by atoms with Crippen molar-refractivity contribution >= 4 is 0 Å². The third kappa shape index (κ3) is 6.14. The topological polar surface area (TPSA) is 48.3 Å². The van der Waals surface area contributed by atoms with E-state index in [-0.39, 0.29) is 6.29 Å². The van der Waals surface area contributed by atoms with Crippen LogP contribution in [0.4, 0.5) is 0 Å². The molecule has 0 saturated heterocycles. The molecule has 0 radical (unpaired) electrons. The Morgan fingerprint density at radius 2 is 2.00 bits per heavy atom. The highest BCUT2D eigenvalue weighted by Crippen LogP contribution is 2.00. The number of hydrogen-bond donors (Lipinski definition) is 1. The maximum absolute atomic E-state index is 5.47. The van der Waals surface area contributed by atoms with E-state index in [4.69, 9.17) is 9.47 Å². The van der Waals surface area contributed by atoms with Crippen LogP contribution in [0.15, 0.2) is 12.3 Å². The van der Waals surface area contributed by atoms with Gasteiger partial charge in [0.1, 0.15) is 0 Å². The Hall–Kier alpha value is -0.910. The van der Waals surface area contributed by atoms with Crippen molar-refractivity contribution < 1.29 is 9.47 Å². The third-order valence-corrected chi connectivity index (χ3v) is 2.59. The van der Waals surface area contributed by atoms with Crippen LogP contribution in [-0.2, 0) is 22.9 Å². The lowest BCUT2D eigenvalue weighted by molar-refractivity contribution is -0.138. The molecule has 5 heteroatoms. The number of aromatic nitrogens is 2. The second kappa shape index (κ2) is 9.08. The molecule has 1 N–H and O–H groups in total. The van der Waals surface area contributed by atoms with Gasteiger partial charge in [0.15, 0.2) is 6.29 Å². The maximum Gasteiger partial charge on any atom is 0.158 e. The van der Waals surface area contributed by atoms with Crippen LogP contribution in [-0.4, -0.2) is 42.4 Å². The molecule has 0 spiro atoms. The van der Waals surface area contributed by atoms with Gasteiger partial charge in [-0.2, -0.15) is 5.10 Å². The number of hydrogen-bond acceptors (Lipinski definition) is 4. The van der Waals surface area contributed by atoms with Crippen LogP contribution in [0.2, 0.25) is 0 Å². The van der Waals surface area contributed by atoms with Gasteiger partial charge in [-0.3, -0.25) is 4.68 Å². The van der Waals surface area contributed by atoms with Crippen molar-refractivity contribution in [2.75, 3.05) is 26.3 Å². The number of ether oxygens (including phenoxy) is 2. The molecule has 5 nitrogen and oxygen atoms in total. The van der Waals surface area contributed by atoms with Crippen LogP contribution in [0, 0.1) is 0 Å². The van der Waals surface area contributed by atoms with Crippen LogP contribution in [0.5, 0.6) is 0 Å². The molecule has 0 aromatic carbocycles. The Morgan fingerprint density at radius 1 is 1.28 bits per heavy atom. The number of rotatable bonds is 10. The summed E-state index contributed by atoms with van der Waals surface area (Å²) in [6.45, 7) is 7.19. The van der Waals surface area contributed by atoms with E-state index in [0.717, 1.165) is 31.6 Å². The van der Waals surface area contributed by atoms with E-state index in [1.807, 2.05) is 37.8 Å². The lowest BCUT2D eigenvalue weighted by atomic mass is 10.3. The molecule has 1 aromatic rings. The molecule has 0 unspecified atom stereocenters. The van der Waals surface area contributed by atoms with Crippen molar-refractivity contribution in [3.63, 3.8) is 0 Å². The van der Waals surface area contributed by atoms with Gasteiger partial charge < -0.3 is 14.8 Å². The van der Waals surface area contributed by atoms with Gasteiger partial charge in [0.2, 0.25) is 0 Å². The Morgan fingerprint density at radius 3 is 2.56 bits per heavy atom. The van der Waals surface area contributed by atoms with Crippen molar-refractivity contribution in [2.24, 2.45) is 7.05 Å². The monoisotopic (exact) mass is 255 g/mol. The smallest absolute Gasteiger partial charge is 0.158 e. The minimum Gasteiger partial charge on any atom is -0.353 e. The zero-order valence-electron chi connectivity index (χ0n) is 11.7. The average Bonchev–Trinajstić information content (AvgIpc) is 2.75. The van der Waals surface area contributed by atoms with E-state index < -0.39 is 0 Å². The quantitative estimate of drug-likeness (QED) is 0.506. The van der Waals surface area contributed by atoms with E-state index >= 15 is 0 Å². The Labute approximate surface area is 109 Å². The van der Waals surface area contributed by atoms with Gasteiger partial charge in [0.05, 0.1) is 5.69 Å². The van der Waals surface area contributed by atoms with E-state index in [0.29, 0.717) is 13.2 Å². The first-order chi connectivity index (χ1) is 8.76. The highest BCUT2D eigenvalue weighted by molar-refractivity contribution is 4.98. The molecule has 0 fully saturated rings. The molecule has 0 atom stereocenters. The van der Waals surface area contributed by atoms with Gasteiger partial charge in [0, 0.05) is 45.8 Å². The minimum atomic E-state index is -0.0812. The van der Waals surface area contributed by atoms with E-state index in [1.165, 1.54) is 0 Å². The molecule has 1 rings (SSSR count). The Kier molecular flexibility index (Phi) is 7.64. The maximum atomic E-state index is 5.47. The molecule has 0 aliphatic carbocycles. The van der Waals surface area contributed by atoms with Crippen LogP contribution in [0.25, 0.3) is 0 Å². The summed E-state index contributed by atoms with van der Waals surface area (Å²) in [5.41, 5.74) is 1.12. The van der Waals surface area contributed by atoms with Crippen LogP contribution in [0.3, 0.4) is 0 Å². The predicted molar refractivity (Wildman–Crippen MR) is 71.4 cm³/mol. The molecule has 1 aromatic heterocycles. The van der Waals surface area contributed by atoms with Crippen LogP contribution >= 0.6 is 0 Å². The number of nitrogens with zero attached hydrogens (tertiary/aromatic N) is 2. The molecular weight excluding hydrogens is 230 g/mol. The summed E-state index contributed by atoms with van der Waals surface area (Å²) in [7, 11) is 1.94. The molecule has 0 aliphatic rings. The molecule has 0 aliphatic heterocycles. The highest BCUT2D eigenvalue weighted by Gasteiger charge is 2.06. The number of nitrogens with one attached hydrogen (secondary N) is 1. The normalized spacial score (nSPS) is 11.3. The lowest BCUT2D eigenvalue weighted by Crippen LogP contribution is -2.26. The molecule has 104 valence electrons. The summed E-state index contributed by atoms with van der Waals surface area (Å²) in [5, 5.41) is 7.71. The van der Waals surface area contributed by atoms with E-state index in [1.54, 1.807) is 0 Å². The van der Waals surface area contributed by atoms with Crippen molar-refractivity contribution in [1.82, 2.24) is 15.1 Å². The highest BCUT2D eigenvalue weighted by atomic mass is 16.7. The minimum absolute atomic E-state index is 0.0812. The van der Waals surface area contributed by atoms with Gasteiger partial charge in [-0.25, -0.2) is 0 Å². The van der Waals surface area contributed by atoms with Crippen molar-refractivity contribution in [3.05, 3.63) is 18.0 Å². The van der Waals surface area contributed by atoms with Crippen LogP contribution in [0.1, 0.15) is 26.0 Å². The summed E-state index contributed by atoms with van der Waals surface area (Å²) in [6.07, 6.45) is 3.72. The predicted octanol–water partition coefficient (Wildman–Crippen LogP) is 1.34. The van der Waals surface area contributed by atoms with Gasteiger partial charge in [-0.1, -0.05) is 0 Å². The van der Waals surface area contributed by atoms with Crippen LogP contribution < -0.4 is 5.32 Å². The van der Waals surface area contributed by atoms with Gasteiger partial charge in [-0.05, 0) is 26.5 Å². The first-order valence-corrected chi connectivity index (χ1v) is 6.68. The summed E-state index contributed by atoms with van der Waals surface area (Å²) >= 11 is 0. The van der Waals surface area contributed by atoms with Gasteiger partial charge in [-0.15, -0.1) is 0 Å². The van der Waals surface area contributed by atoms with E-state index in [2.05, 4.69) is 10.4 Å². The standard InChI is InChI=1S/C13H25N3O2/c1-4-17-13(18-5-2)7-10-14-9-6-12-8-11-16(3)15-12/h8,11,13-14H,4-7,9-10H2,1-3H3. The molecule has 1 heterocycles. The molecular formula is C13H25N3O2. The number of aryl methyl sites for hydroxylation is 1. The lowest BCUT2D eigenvalue weighted by Gasteiger charge is -2.16. The second-order valence-corrected chi connectivity index (χ2v) is 4.11. The fourth-order valence-electron chi connectivity index (χ4n) is 1.74. The second-order valence-electron chi connectivity index (χ2n) is 4.11. The molecule has 0 amide bonds. The summed E-state index contributed by atoms with van der Waals surface area (Å²) < 4.78 is 12.8. The average molecular weight is 255 g/mol. The fourth-order valence-corrected chi connectivity index (χ4v) is 1.74. The van der Waals surface area contributed by atoms with Gasteiger partial charge in [0.25, 0.3) is 0 Å². The zero-order chi connectivity index (χ0) is 13.2. The summed E-state index contributed by atoms with van der Waals surface area (Å²) in [6, 6.07) is 2.05. The zero-order valence-corrected chi connectivity index (χ0v) is 11.7. The first-order valence-electron chi connectivity index (χ1n) is 6.68. The molecule has 0 saturated carbocycles. The SMILES string of the molecule is CCOC(CCNCCc1ccn(C)n1)OCC. The molecule has 0 bridgehead atoms. The Balaban J connectivity index is 2.06. The van der Waals surface area contributed by atoms with Crippen molar-refractivity contribution in [3.8, 4) is 0 Å². The third-order valence-electron chi connectivity index (χ3n) is 2.59. The fraction of sp³-hybridized carbons (Fsp3) is 0.769. The van der Waals surface area contributed by atoms with Crippen molar-refractivity contribution in [2.45, 2.75) is 33.0 Å².